The molecular weight excluding hydrogens is 513 g/mol. The van der Waals surface area contributed by atoms with Gasteiger partial charge in [-0.25, -0.2) is 13.9 Å². The second-order valence-electron chi connectivity index (χ2n) is 9.92. The number of alkyl halides is 1. The normalized spacial score (nSPS) is 15.7. The SMILES string of the molecule is COc1ccc(-n2nc(C3(F)CCN(C(=O)OC(C)(C)C)CC3)c(Br)c2-c2ccc(C)cc2)cc1. The number of aromatic nitrogens is 2. The predicted molar refractivity (Wildman–Crippen MR) is 138 cm³/mol. The fourth-order valence-corrected chi connectivity index (χ4v) is 4.99. The predicted octanol–water partition coefficient (Wildman–Crippen LogP) is 6.81. The van der Waals surface area contributed by atoms with E-state index in [9.17, 15) is 4.79 Å². The fraction of sp³-hybridized carbons (Fsp3) is 0.407. The fourth-order valence-electron chi connectivity index (χ4n) is 4.16. The van der Waals surface area contributed by atoms with Crippen LogP contribution in [0.25, 0.3) is 16.9 Å². The van der Waals surface area contributed by atoms with Gasteiger partial charge in [0.1, 0.15) is 17.0 Å². The summed E-state index contributed by atoms with van der Waals surface area (Å²) in [6, 6.07) is 15.6. The van der Waals surface area contributed by atoms with Crippen molar-refractivity contribution >= 4 is 22.0 Å². The Morgan fingerprint density at radius 3 is 2.20 bits per heavy atom. The molecule has 35 heavy (non-hydrogen) atoms. The van der Waals surface area contributed by atoms with Crippen LogP contribution in [0.5, 0.6) is 5.75 Å². The number of benzene rings is 2. The summed E-state index contributed by atoms with van der Waals surface area (Å²) in [4.78, 5) is 14.0. The van der Waals surface area contributed by atoms with Crippen molar-refractivity contribution in [1.82, 2.24) is 14.7 Å². The molecule has 0 saturated carbocycles. The van der Waals surface area contributed by atoms with Gasteiger partial charge in [-0.05, 0) is 67.9 Å². The number of carbonyl (C=O) groups excluding carboxylic acids is 1. The molecule has 1 aliphatic heterocycles. The summed E-state index contributed by atoms with van der Waals surface area (Å²) in [5.74, 6) is 0.730. The first-order chi connectivity index (χ1) is 16.5. The first kappa shape index (κ1) is 25.2. The molecule has 1 saturated heterocycles. The number of ether oxygens (including phenoxy) is 2. The van der Waals surface area contributed by atoms with Gasteiger partial charge >= 0.3 is 6.09 Å². The molecule has 6 nitrogen and oxygen atoms in total. The van der Waals surface area contributed by atoms with E-state index in [1.807, 2.05) is 76.2 Å². The highest BCUT2D eigenvalue weighted by Gasteiger charge is 2.43. The van der Waals surface area contributed by atoms with Crippen LogP contribution in [0.3, 0.4) is 0 Å². The molecule has 0 atom stereocenters. The zero-order chi connectivity index (χ0) is 25.4. The summed E-state index contributed by atoms with van der Waals surface area (Å²) < 4.78 is 29.6. The average Bonchev–Trinajstić information content (AvgIpc) is 3.17. The van der Waals surface area contributed by atoms with Crippen molar-refractivity contribution < 1.29 is 18.7 Å². The van der Waals surface area contributed by atoms with Crippen molar-refractivity contribution in [3.05, 3.63) is 64.3 Å². The Bertz CT molecular complexity index is 1190. The molecule has 1 amide bonds. The molecule has 3 aromatic rings. The van der Waals surface area contributed by atoms with Gasteiger partial charge in [-0.1, -0.05) is 29.8 Å². The van der Waals surface area contributed by atoms with Gasteiger partial charge in [0.25, 0.3) is 0 Å². The van der Waals surface area contributed by atoms with E-state index in [1.165, 1.54) is 0 Å². The van der Waals surface area contributed by atoms with E-state index >= 15 is 4.39 Å². The summed E-state index contributed by atoms with van der Waals surface area (Å²) in [5, 5.41) is 4.78. The number of carbonyl (C=O) groups is 1. The number of aryl methyl sites for hydroxylation is 1. The van der Waals surface area contributed by atoms with Crippen LogP contribution in [0, 0.1) is 6.92 Å². The standard InChI is InChI=1S/C27H31BrFN3O3/c1-18-6-8-19(9-7-18)23-22(28)24(30-32(23)20-10-12-21(34-5)13-11-20)27(29)14-16-31(17-15-27)25(33)35-26(2,3)4/h6-13H,14-17H2,1-5H3. The number of likely N-dealkylation sites (tertiary alicyclic amines) is 1. The third-order valence-electron chi connectivity index (χ3n) is 6.10. The summed E-state index contributed by atoms with van der Waals surface area (Å²) in [5.41, 5.74) is 1.69. The van der Waals surface area contributed by atoms with Gasteiger partial charge < -0.3 is 14.4 Å². The number of halogens is 2. The van der Waals surface area contributed by atoms with Gasteiger partial charge in [0.05, 0.1) is 23.0 Å². The zero-order valence-electron chi connectivity index (χ0n) is 20.8. The lowest BCUT2D eigenvalue weighted by molar-refractivity contribution is 0.00104. The van der Waals surface area contributed by atoms with Gasteiger partial charge in [-0.3, -0.25) is 0 Å². The summed E-state index contributed by atoms with van der Waals surface area (Å²) in [6.07, 6.45) is -0.141. The van der Waals surface area contributed by atoms with E-state index in [0.717, 1.165) is 28.3 Å². The van der Waals surface area contributed by atoms with Crippen LogP contribution in [0.15, 0.2) is 53.0 Å². The van der Waals surface area contributed by atoms with Crippen molar-refractivity contribution in [2.24, 2.45) is 0 Å². The molecule has 186 valence electrons. The van der Waals surface area contributed by atoms with Crippen LogP contribution in [0.2, 0.25) is 0 Å². The van der Waals surface area contributed by atoms with Crippen molar-refractivity contribution in [1.29, 1.82) is 0 Å². The topological polar surface area (TPSA) is 56.6 Å². The van der Waals surface area contributed by atoms with Gasteiger partial charge in [-0.2, -0.15) is 5.10 Å². The van der Waals surface area contributed by atoms with Crippen LogP contribution < -0.4 is 4.74 Å². The number of methoxy groups -OCH3 is 1. The van der Waals surface area contributed by atoms with E-state index in [0.29, 0.717) is 10.2 Å². The Labute approximate surface area is 214 Å². The van der Waals surface area contributed by atoms with Gasteiger partial charge in [-0.15, -0.1) is 0 Å². The summed E-state index contributed by atoms with van der Waals surface area (Å²) >= 11 is 3.68. The van der Waals surface area contributed by atoms with E-state index in [2.05, 4.69) is 15.9 Å². The van der Waals surface area contributed by atoms with Crippen molar-refractivity contribution in [3.8, 4) is 22.7 Å². The molecule has 0 N–H and O–H groups in total. The average molecular weight is 544 g/mol. The van der Waals surface area contributed by atoms with E-state index in [-0.39, 0.29) is 25.9 Å². The number of hydrogen-bond donors (Lipinski definition) is 0. The monoisotopic (exact) mass is 543 g/mol. The summed E-state index contributed by atoms with van der Waals surface area (Å²) in [7, 11) is 1.62. The van der Waals surface area contributed by atoms with Crippen LogP contribution in [0.1, 0.15) is 44.9 Å². The van der Waals surface area contributed by atoms with Crippen molar-refractivity contribution in [3.63, 3.8) is 0 Å². The van der Waals surface area contributed by atoms with Crippen molar-refractivity contribution in [2.45, 2.75) is 51.8 Å². The quantitative estimate of drug-likeness (QED) is 0.362. The Kier molecular flexibility index (Phi) is 6.95. The number of rotatable bonds is 4. The molecule has 0 radical (unpaired) electrons. The molecular formula is C27H31BrFN3O3. The number of nitrogens with zero attached hydrogens (tertiary/aromatic N) is 3. The Morgan fingerprint density at radius 2 is 1.66 bits per heavy atom. The van der Waals surface area contributed by atoms with Crippen LogP contribution in [-0.2, 0) is 10.4 Å². The highest BCUT2D eigenvalue weighted by Crippen LogP contribution is 2.44. The minimum atomic E-state index is -1.69. The highest BCUT2D eigenvalue weighted by molar-refractivity contribution is 9.10. The second kappa shape index (κ2) is 9.64. The molecule has 1 aromatic heterocycles. The maximum atomic E-state index is 16.4. The maximum absolute atomic E-state index is 16.4. The van der Waals surface area contributed by atoms with Gasteiger partial charge in [0.2, 0.25) is 0 Å². The minimum absolute atomic E-state index is 0.137. The first-order valence-corrected chi connectivity index (χ1v) is 12.5. The molecule has 0 spiro atoms. The third-order valence-corrected chi connectivity index (χ3v) is 6.85. The molecule has 0 aliphatic carbocycles. The third kappa shape index (κ3) is 5.37. The Hall–Kier alpha value is -2.87. The van der Waals surface area contributed by atoms with Crippen molar-refractivity contribution in [2.75, 3.05) is 20.2 Å². The maximum Gasteiger partial charge on any atom is 0.410 e. The molecule has 1 aliphatic rings. The van der Waals surface area contributed by atoms with Crippen LogP contribution in [-0.4, -0.2) is 46.6 Å². The number of piperidine rings is 1. The first-order valence-electron chi connectivity index (χ1n) is 11.7. The largest absolute Gasteiger partial charge is 0.497 e. The Balaban J connectivity index is 1.70. The number of hydrogen-bond acceptors (Lipinski definition) is 4. The molecule has 0 unspecified atom stereocenters. The molecule has 8 heteroatoms. The van der Waals surface area contributed by atoms with E-state index in [1.54, 1.807) is 16.7 Å². The lowest BCUT2D eigenvalue weighted by Crippen LogP contribution is -2.45. The van der Waals surface area contributed by atoms with E-state index in [4.69, 9.17) is 14.6 Å². The summed E-state index contributed by atoms with van der Waals surface area (Å²) in [6.45, 7) is 8.01. The molecule has 1 fully saturated rings. The molecule has 2 heterocycles. The highest BCUT2D eigenvalue weighted by atomic mass is 79.9. The lowest BCUT2D eigenvalue weighted by atomic mass is 9.90. The molecule has 0 bridgehead atoms. The Morgan fingerprint density at radius 1 is 1.06 bits per heavy atom. The zero-order valence-corrected chi connectivity index (χ0v) is 22.4. The van der Waals surface area contributed by atoms with Gasteiger partial charge in [0, 0.05) is 31.5 Å². The lowest BCUT2D eigenvalue weighted by Gasteiger charge is -2.36. The van der Waals surface area contributed by atoms with E-state index < -0.39 is 17.4 Å². The second-order valence-corrected chi connectivity index (χ2v) is 10.7. The molecule has 4 rings (SSSR count). The molecule has 2 aromatic carbocycles. The number of amides is 1. The van der Waals surface area contributed by atoms with Gasteiger partial charge in [0.15, 0.2) is 5.67 Å². The van der Waals surface area contributed by atoms with Crippen LogP contribution in [0.4, 0.5) is 9.18 Å². The van der Waals surface area contributed by atoms with Crippen LogP contribution >= 0.6 is 15.9 Å². The minimum Gasteiger partial charge on any atom is -0.497 e. The smallest absolute Gasteiger partial charge is 0.410 e.